The number of hydrogen-bond donors (Lipinski definition) is 2. The van der Waals surface area contributed by atoms with Gasteiger partial charge in [-0.05, 0) is 39.2 Å². The number of nitrogens with zero attached hydrogens (tertiary/aromatic N) is 2. The van der Waals surface area contributed by atoms with E-state index in [0.29, 0.717) is 12.1 Å². The Morgan fingerprint density at radius 2 is 2.00 bits per heavy atom. The Hall–Kier alpha value is -1.36. The van der Waals surface area contributed by atoms with Crippen LogP contribution in [0.4, 0.5) is 0 Å². The van der Waals surface area contributed by atoms with Crippen LogP contribution in [-0.2, 0) is 13.5 Å². The SMILES string of the molecule is CCc1nn(C)cc1C(=O)NC1CCC(NC)CC1. The monoisotopic (exact) mass is 264 g/mol. The summed E-state index contributed by atoms with van der Waals surface area (Å²) in [4.78, 5) is 12.3. The lowest BCUT2D eigenvalue weighted by atomic mass is 9.91. The maximum absolute atomic E-state index is 12.3. The van der Waals surface area contributed by atoms with Crippen molar-refractivity contribution in [2.45, 2.75) is 51.1 Å². The van der Waals surface area contributed by atoms with E-state index in [-0.39, 0.29) is 5.91 Å². The minimum atomic E-state index is 0.0258. The van der Waals surface area contributed by atoms with Gasteiger partial charge < -0.3 is 10.6 Å². The molecule has 0 spiro atoms. The zero-order chi connectivity index (χ0) is 13.8. The second kappa shape index (κ2) is 6.19. The number of aromatic nitrogens is 2. The first-order chi connectivity index (χ1) is 9.13. The first-order valence-corrected chi connectivity index (χ1v) is 7.14. The molecule has 1 aliphatic carbocycles. The quantitative estimate of drug-likeness (QED) is 0.860. The maximum Gasteiger partial charge on any atom is 0.254 e. The summed E-state index contributed by atoms with van der Waals surface area (Å²) in [5.74, 6) is 0.0258. The van der Waals surface area contributed by atoms with Gasteiger partial charge in [-0.3, -0.25) is 9.48 Å². The largest absolute Gasteiger partial charge is 0.349 e. The van der Waals surface area contributed by atoms with Gasteiger partial charge in [-0.2, -0.15) is 5.10 Å². The molecule has 1 amide bonds. The van der Waals surface area contributed by atoms with Crippen molar-refractivity contribution < 1.29 is 4.79 Å². The Morgan fingerprint density at radius 3 is 2.58 bits per heavy atom. The molecular weight excluding hydrogens is 240 g/mol. The Labute approximate surface area is 114 Å². The molecule has 106 valence electrons. The molecule has 2 N–H and O–H groups in total. The van der Waals surface area contributed by atoms with Gasteiger partial charge in [-0.1, -0.05) is 6.92 Å². The van der Waals surface area contributed by atoms with E-state index in [9.17, 15) is 4.79 Å². The molecule has 0 saturated heterocycles. The molecule has 1 heterocycles. The fraction of sp³-hybridized carbons (Fsp3) is 0.714. The zero-order valence-electron chi connectivity index (χ0n) is 12.1. The maximum atomic E-state index is 12.3. The molecule has 19 heavy (non-hydrogen) atoms. The molecule has 0 aliphatic heterocycles. The summed E-state index contributed by atoms with van der Waals surface area (Å²) in [6.45, 7) is 2.03. The molecule has 1 aromatic heterocycles. The number of nitrogens with one attached hydrogen (secondary N) is 2. The van der Waals surface area contributed by atoms with Crippen LogP contribution in [0.1, 0.15) is 48.7 Å². The number of amides is 1. The minimum absolute atomic E-state index is 0.0258. The van der Waals surface area contributed by atoms with Crippen LogP contribution in [0.25, 0.3) is 0 Å². The lowest BCUT2D eigenvalue weighted by Gasteiger charge is -2.28. The molecule has 0 atom stereocenters. The van der Waals surface area contributed by atoms with Crippen LogP contribution in [0.15, 0.2) is 6.20 Å². The molecular formula is C14H24N4O. The van der Waals surface area contributed by atoms with Gasteiger partial charge in [0.1, 0.15) is 0 Å². The zero-order valence-corrected chi connectivity index (χ0v) is 12.1. The van der Waals surface area contributed by atoms with Crippen molar-refractivity contribution in [3.05, 3.63) is 17.5 Å². The van der Waals surface area contributed by atoms with Crippen LogP contribution in [0.5, 0.6) is 0 Å². The van der Waals surface area contributed by atoms with E-state index in [0.717, 1.165) is 43.4 Å². The van der Waals surface area contributed by atoms with Crippen molar-refractivity contribution in [2.24, 2.45) is 7.05 Å². The van der Waals surface area contributed by atoms with Crippen LogP contribution in [-0.4, -0.2) is 34.8 Å². The van der Waals surface area contributed by atoms with Gasteiger partial charge in [0, 0.05) is 25.3 Å². The molecule has 5 heteroatoms. The normalized spacial score (nSPS) is 23.3. The summed E-state index contributed by atoms with van der Waals surface area (Å²) in [5.41, 5.74) is 1.60. The van der Waals surface area contributed by atoms with Crippen LogP contribution in [0.3, 0.4) is 0 Å². The number of aryl methyl sites for hydroxylation is 2. The highest BCUT2D eigenvalue weighted by Crippen LogP contribution is 2.19. The highest BCUT2D eigenvalue weighted by molar-refractivity contribution is 5.95. The van der Waals surface area contributed by atoms with Crippen molar-refractivity contribution >= 4 is 5.91 Å². The summed E-state index contributed by atoms with van der Waals surface area (Å²) < 4.78 is 1.71. The summed E-state index contributed by atoms with van der Waals surface area (Å²) >= 11 is 0. The van der Waals surface area contributed by atoms with E-state index in [4.69, 9.17) is 0 Å². The van der Waals surface area contributed by atoms with Crippen LogP contribution in [0.2, 0.25) is 0 Å². The van der Waals surface area contributed by atoms with Crippen molar-refractivity contribution in [2.75, 3.05) is 7.05 Å². The van der Waals surface area contributed by atoms with Crippen LogP contribution >= 0.6 is 0 Å². The predicted molar refractivity (Wildman–Crippen MR) is 75.2 cm³/mol. The third-order valence-corrected chi connectivity index (χ3v) is 3.96. The summed E-state index contributed by atoms with van der Waals surface area (Å²) in [5, 5.41) is 10.8. The molecule has 0 bridgehead atoms. The standard InChI is InChI=1S/C14H24N4O/c1-4-13-12(9-18(3)17-13)14(19)16-11-7-5-10(15-2)6-8-11/h9-11,15H,4-8H2,1-3H3,(H,16,19). The Bertz CT molecular complexity index is 433. The summed E-state index contributed by atoms with van der Waals surface area (Å²) in [6, 6.07) is 0.916. The average Bonchev–Trinajstić information content (AvgIpc) is 2.81. The molecule has 1 fully saturated rings. The average molecular weight is 264 g/mol. The Morgan fingerprint density at radius 1 is 1.37 bits per heavy atom. The molecule has 1 saturated carbocycles. The molecule has 0 aromatic carbocycles. The lowest BCUT2D eigenvalue weighted by molar-refractivity contribution is 0.0923. The van der Waals surface area contributed by atoms with Crippen molar-refractivity contribution in [1.29, 1.82) is 0 Å². The van der Waals surface area contributed by atoms with Gasteiger partial charge >= 0.3 is 0 Å². The molecule has 2 rings (SSSR count). The van der Waals surface area contributed by atoms with Crippen LogP contribution < -0.4 is 10.6 Å². The van der Waals surface area contributed by atoms with Crippen molar-refractivity contribution in [1.82, 2.24) is 20.4 Å². The molecule has 1 aromatic rings. The number of carbonyl (C=O) groups excluding carboxylic acids is 1. The first-order valence-electron chi connectivity index (χ1n) is 7.14. The van der Waals surface area contributed by atoms with Gasteiger partial charge in [0.05, 0.1) is 11.3 Å². The third kappa shape index (κ3) is 3.35. The van der Waals surface area contributed by atoms with Crippen molar-refractivity contribution in [3.8, 4) is 0 Å². The Kier molecular flexibility index (Phi) is 4.58. The second-order valence-electron chi connectivity index (χ2n) is 5.33. The molecule has 1 aliphatic rings. The molecule has 5 nitrogen and oxygen atoms in total. The topological polar surface area (TPSA) is 59.0 Å². The minimum Gasteiger partial charge on any atom is -0.349 e. The summed E-state index contributed by atoms with van der Waals surface area (Å²) in [6.07, 6.45) is 6.98. The predicted octanol–water partition coefficient (Wildman–Crippen LogP) is 1.24. The summed E-state index contributed by atoms with van der Waals surface area (Å²) in [7, 11) is 3.86. The van der Waals surface area contributed by atoms with Crippen LogP contribution in [0, 0.1) is 0 Å². The second-order valence-corrected chi connectivity index (χ2v) is 5.33. The van der Waals surface area contributed by atoms with E-state index in [1.807, 2.05) is 27.2 Å². The fourth-order valence-electron chi connectivity index (χ4n) is 2.77. The molecule has 0 radical (unpaired) electrons. The molecule has 0 unspecified atom stereocenters. The van der Waals surface area contributed by atoms with E-state index in [1.54, 1.807) is 4.68 Å². The fourth-order valence-corrected chi connectivity index (χ4v) is 2.77. The number of hydrogen-bond acceptors (Lipinski definition) is 3. The van der Waals surface area contributed by atoms with E-state index in [2.05, 4.69) is 15.7 Å². The van der Waals surface area contributed by atoms with Gasteiger partial charge in [0.2, 0.25) is 0 Å². The van der Waals surface area contributed by atoms with Gasteiger partial charge in [-0.25, -0.2) is 0 Å². The van der Waals surface area contributed by atoms with Gasteiger partial charge in [0.15, 0.2) is 0 Å². The lowest BCUT2D eigenvalue weighted by Crippen LogP contribution is -2.41. The number of carbonyl (C=O) groups is 1. The third-order valence-electron chi connectivity index (χ3n) is 3.96. The Balaban J connectivity index is 1.94. The van der Waals surface area contributed by atoms with Gasteiger partial charge in [-0.15, -0.1) is 0 Å². The number of rotatable bonds is 4. The van der Waals surface area contributed by atoms with E-state index >= 15 is 0 Å². The smallest absolute Gasteiger partial charge is 0.254 e. The highest BCUT2D eigenvalue weighted by Gasteiger charge is 2.23. The van der Waals surface area contributed by atoms with E-state index < -0.39 is 0 Å². The van der Waals surface area contributed by atoms with E-state index in [1.165, 1.54) is 0 Å². The van der Waals surface area contributed by atoms with Crippen molar-refractivity contribution in [3.63, 3.8) is 0 Å². The highest BCUT2D eigenvalue weighted by atomic mass is 16.1. The first kappa shape index (κ1) is 14.1. The van der Waals surface area contributed by atoms with Gasteiger partial charge in [0.25, 0.3) is 5.91 Å².